The highest BCUT2D eigenvalue weighted by molar-refractivity contribution is 6.30. The van der Waals surface area contributed by atoms with E-state index in [-0.39, 0.29) is 29.6 Å². The van der Waals surface area contributed by atoms with Crippen LogP contribution in [0.2, 0.25) is 5.02 Å². The van der Waals surface area contributed by atoms with E-state index in [1.165, 1.54) is 7.11 Å². The summed E-state index contributed by atoms with van der Waals surface area (Å²) in [7, 11) is 1.38. The molecular formula is C24H22ClNO3. The topological polar surface area (TPSA) is 55.4 Å². The Hall–Kier alpha value is -2.69. The summed E-state index contributed by atoms with van der Waals surface area (Å²) in [6.45, 7) is 0. The van der Waals surface area contributed by atoms with Gasteiger partial charge in [0.05, 0.1) is 7.11 Å². The van der Waals surface area contributed by atoms with Crippen LogP contribution in [0.15, 0.2) is 78.4 Å². The maximum atomic E-state index is 13.2. The molecular weight excluding hydrogens is 386 g/mol. The van der Waals surface area contributed by atoms with Crippen molar-refractivity contribution in [1.29, 1.82) is 0 Å². The molecule has 4 unspecified atom stereocenters. The fourth-order valence-electron chi connectivity index (χ4n) is 4.29. The van der Waals surface area contributed by atoms with Gasteiger partial charge in [-0.1, -0.05) is 72.3 Å². The Bertz CT molecular complexity index is 965. The zero-order valence-electron chi connectivity index (χ0n) is 16.0. The molecule has 5 heteroatoms. The van der Waals surface area contributed by atoms with Crippen LogP contribution in [0.1, 0.15) is 28.4 Å². The molecule has 0 radical (unpaired) electrons. The lowest BCUT2D eigenvalue weighted by atomic mass is 9.74. The standard InChI is InChI=1S/C24H22ClNO3/c1-29-24(28)22-20-14-17(21(26-22)15-10-12-18(25)13-11-15)8-5-9-19(20)23(27)16-6-3-2-4-7-16/h2-13,17,20-22,26H,14H2,1H3. The SMILES string of the molecule is COC(=O)C1NC(c2ccc(Cl)cc2)C2C=CC=C(C(=O)c3ccccc3)C1C2. The van der Waals surface area contributed by atoms with Gasteiger partial charge in [0.25, 0.3) is 0 Å². The summed E-state index contributed by atoms with van der Waals surface area (Å²) in [4.78, 5) is 25.9. The molecule has 29 heavy (non-hydrogen) atoms. The number of fused-ring (bicyclic) bond motifs is 2. The van der Waals surface area contributed by atoms with Gasteiger partial charge in [0.1, 0.15) is 6.04 Å². The number of halogens is 1. The number of ketones is 1. The quantitative estimate of drug-likeness (QED) is 0.597. The first kappa shape index (κ1) is 19.6. The third kappa shape index (κ3) is 3.91. The molecule has 2 aliphatic rings. The van der Waals surface area contributed by atoms with Crippen molar-refractivity contribution in [2.45, 2.75) is 18.5 Å². The number of rotatable bonds is 4. The van der Waals surface area contributed by atoms with Crippen molar-refractivity contribution in [2.75, 3.05) is 7.11 Å². The molecule has 4 rings (SSSR count). The number of piperidine rings is 1. The average Bonchev–Trinajstić information content (AvgIpc) is 2.94. The number of hydrogen-bond acceptors (Lipinski definition) is 4. The van der Waals surface area contributed by atoms with Crippen molar-refractivity contribution >= 4 is 23.4 Å². The second-order valence-corrected chi connectivity index (χ2v) is 7.84. The van der Waals surface area contributed by atoms with Crippen molar-refractivity contribution in [1.82, 2.24) is 5.32 Å². The van der Waals surface area contributed by atoms with Gasteiger partial charge >= 0.3 is 5.97 Å². The van der Waals surface area contributed by atoms with Gasteiger partial charge in [-0.05, 0) is 30.0 Å². The van der Waals surface area contributed by atoms with E-state index in [2.05, 4.69) is 11.4 Å². The number of ether oxygens (including phenoxy) is 1. The summed E-state index contributed by atoms with van der Waals surface area (Å²) in [5.41, 5.74) is 2.30. The Morgan fingerprint density at radius 3 is 2.48 bits per heavy atom. The van der Waals surface area contributed by atoms with Crippen LogP contribution in [0.25, 0.3) is 0 Å². The predicted octanol–water partition coefficient (Wildman–Crippen LogP) is 4.53. The van der Waals surface area contributed by atoms with Crippen LogP contribution >= 0.6 is 11.6 Å². The molecule has 1 aliphatic carbocycles. The van der Waals surface area contributed by atoms with E-state index in [1.54, 1.807) is 12.1 Å². The summed E-state index contributed by atoms with van der Waals surface area (Å²) < 4.78 is 5.08. The fraction of sp³-hybridized carbons (Fsp3) is 0.250. The fourth-order valence-corrected chi connectivity index (χ4v) is 4.42. The number of Topliss-reactive ketones (excluding diaryl/α,β-unsaturated/α-hetero) is 1. The molecule has 1 N–H and O–H groups in total. The molecule has 1 heterocycles. The molecule has 0 aromatic heterocycles. The number of hydrogen-bond donors (Lipinski definition) is 1. The molecule has 4 atom stereocenters. The highest BCUT2D eigenvalue weighted by Crippen LogP contribution is 2.41. The third-order valence-corrected chi connectivity index (χ3v) is 5.98. The van der Waals surface area contributed by atoms with Gasteiger partial charge in [-0.15, -0.1) is 0 Å². The van der Waals surface area contributed by atoms with E-state index in [4.69, 9.17) is 16.3 Å². The normalized spacial score (nSPS) is 25.7. The van der Waals surface area contributed by atoms with Crippen LogP contribution in [0.5, 0.6) is 0 Å². The Kier molecular flexibility index (Phi) is 5.65. The minimum absolute atomic E-state index is 0.0541. The molecule has 2 aromatic rings. The molecule has 1 aliphatic heterocycles. The van der Waals surface area contributed by atoms with Gasteiger partial charge in [-0.2, -0.15) is 0 Å². The first-order chi connectivity index (χ1) is 14.1. The molecule has 148 valence electrons. The van der Waals surface area contributed by atoms with E-state index in [1.807, 2.05) is 54.6 Å². The second-order valence-electron chi connectivity index (χ2n) is 7.40. The van der Waals surface area contributed by atoms with Crippen molar-refractivity contribution in [3.8, 4) is 0 Å². The zero-order valence-corrected chi connectivity index (χ0v) is 16.8. The number of carbonyl (C=O) groups excluding carboxylic acids is 2. The number of allylic oxidation sites excluding steroid dienone is 2. The summed E-state index contributed by atoms with van der Waals surface area (Å²) in [5, 5.41) is 4.12. The lowest BCUT2D eigenvalue weighted by Crippen LogP contribution is -2.52. The predicted molar refractivity (Wildman–Crippen MR) is 113 cm³/mol. The molecule has 1 fully saturated rings. The Morgan fingerprint density at radius 2 is 1.79 bits per heavy atom. The first-order valence-electron chi connectivity index (χ1n) is 9.66. The number of methoxy groups -OCH3 is 1. The number of benzene rings is 2. The first-order valence-corrected chi connectivity index (χ1v) is 10.0. The third-order valence-electron chi connectivity index (χ3n) is 5.73. The van der Waals surface area contributed by atoms with E-state index >= 15 is 0 Å². The zero-order chi connectivity index (χ0) is 20.4. The molecule has 2 aromatic carbocycles. The minimum atomic E-state index is -0.601. The number of carbonyl (C=O) groups is 2. The maximum Gasteiger partial charge on any atom is 0.323 e. The molecule has 0 spiro atoms. The number of nitrogens with one attached hydrogen (secondary N) is 1. The summed E-state index contributed by atoms with van der Waals surface area (Å²) in [6.07, 6.45) is 6.58. The van der Waals surface area contributed by atoms with Crippen molar-refractivity contribution in [2.24, 2.45) is 11.8 Å². The van der Waals surface area contributed by atoms with Crippen molar-refractivity contribution in [3.05, 3.63) is 94.5 Å². The average molecular weight is 408 g/mol. The van der Waals surface area contributed by atoms with Crippen LogP contribution in [-0.2, 0) is 9.53 Å². The van der Waals surface area contributed by atoms with Crippen molar-refractivity contribution < 1.29 is 14.3 Å². The molecule has 0 saturated carbocycles. The second kappa shape index (κ2) is 8.36. The highest BCUT2D eigenvalue weighted by Gasteiger charge is 2.44. The van der Waals surface area contributed by atoms with Crippen molar-refractivity contribution in [3.63, 3.8) is 0 Å². The number of esters is 1. The Morgan fingerprint density at radius 1 is 1.07 bits per heavy atom. The Labute approximate surface area is 175 Å². The lowest BCUT2D eigenvalue weighted by Gasteiger charge is -2.40. The van der Waals surface area contributed by atoms with E-state index in [9.17, 15) is 9.59 Å². The van der Waals surface area contributed by atoms with Gasteiger partial charge in [0, 0.05) is 28.1 Å². The van der Waals surface area contributed by atoms with Crippen LogP contribution in [-0.4, -0.2) is 24.9 Å². The highest BCUT2D eigenvalue weighted by atomic mass is 35.5. The van der Waals surface area contributed by atoms with E-state index < -0.39 is 6.04 Å². The van der Waals surface area contributed by atoms with Gasteiger partial charge in [0.15, 0.2) is 5.78 Å². The van der Waals surface area contributed by atoms with Crippen LogP contribution in [0.4, 0.5) is 0 Å². The van der Waals surface area contributed by atoms with Gasteiger partial charge in [-0.25, -0.2) is 0 Å². The van der Waals surface area contributed by atoms with Gasteiger partial charge in [0.2, 0.25) is 0 Å². The van der Waals surface area contributed by atoms with Crippen LogP contribution in [0, 0.1) is 11.8 Å². The summed E-state index contributed by atoms with van der Waals surface area (Å²) >= 11 is 6.04. The Balaban J connectivity index is 1.69. The van der Waals surface area contributed by atoms with Crippen LogP contribution < -0.4 is 5.32 Å². The smallest absolute Gasteiger partial charge is 0.323 e. The monoisotopic (exact) mass is 407 g/mol. The van der Waals surface area contributed by atoms with E-state index in [0.29, 0.717) is 22.6 Å². The minimum Gasteiger partial charge on any atom is -0.468 e. The molecule has 0 amide bonds. The summed E-state index contributed by atoms with van der Waals surface area (Å²) in [6, 6.07) is 16.1. The molecule has 1 saturated heterocycles. The maximum absolute atomic E-state index is 13.2. The largest absolute Gasteiger partial charge is 0.468 e. The molecule has 2 bridgehead atoms. The van der Waals surface area contributed by atoms with Gasteiger partial charge < -0.3 is 4.74 Å². The summed E-state index contributed by atoms with van der Waals surface area (Å²) in [5.74, 6) is -0.541. The van der Waals surface area contributed by atoms with Crippen LogP contribution in [0.3, 0.4) is 0 Å². The lowest BCUT2D eigenvalue weighted by molar-refractivity contribution is -0.145. The molecule has 4 nitrogen and oxygen atoms in total. The van der Waals surface area contributed by atoms with E-state index in [0.717, 1.165) is 5.56 Å². The van der Waals surface area contributed by atoms with Gasteiger partial charge in [-0.3, -0.25) is 14.9 Å².